The minimum atomic E-state index is 0.0132. The molecule has 0 N–H and O–H groups in total. The van der Waals surface area contributed by atoms with Gasteiger partial charge in [0, 0.05) is 40.3 Å². The maximum atomic E-state index is 12.4. The van der Waals surface area contributed by atoms with Crippen LogP contribution >= 0.6 is 0 Å². The van der Waals surface area contributed by atoms with E-state index in [-0.39, 0.29) is 12.5 Å². The number of benzene rings is 1. The highest BCUT2D eigenvalue weighted by atomic mass is 16.5. The summed E-state index contributed by atoms with van der Waals surface area (Å²) in [6.45, 7) is 4.90. The summed E-state index contributed by atoms with van der Waals surface area (Å²) in [5.41, 5.74) is 1.17. The van der Waals surface area contributed by atoms with Gasteiger partial charge in [0.2, 0.25) is 0 Å². The van der Waals surface area contributed by atoms with E-state index in [0.29, 0.717) is 13.1 Å². The topological polar surface area (TPSA) is 61.8 Å². The standard InChI is InChI=1S/C19H25N5O2/c1-15-4-6-16(7-5-15)26-14-19(25)24-12-10-23(11-13-24)18-9-8-17(20-21-18)22(2)3/h4-9H,10-14H2,1-3H3. The van der Waals surface area contributed by atoms with Gasteiger partial charge in [0.1, 0.15) is 5.75 Å². The normalized spacial score (nSPS) is 14.3. The average molecular weight is 355 g/mol. The second kappa shape index (κ2) is 8.03. The number of ether oxygens (including phenoxy) is 1. The van der Waals surface area contributed by atoms with Crippen LogP contribution < -0.4 is 14.5 Å². The van der Waals surface area contributed by atoms with Crippen molar-refractivity contribution in [1.29, 1.82) is 0 Å². The van der Waals surface area contributed by atoms with Crippen LogP contribution in [0.25, 0.3) is 0 Å². The summed E-state index contributed by atoms with van der Waals surface area (Å²) < 4.78 is 5.59. The Balaban J connectivity index is 1.48. The Labute approximate surface area is 154 Å². The molecule has 0 bridgehead atoms. The molecule has 0 atom stereocenters. The van der Waals surface area contributed by atoms with Crippen LogP contribution in [0.2, 0.25) is 0 Å². The van der Waals surface area contributed by atoms with Gasteiger partial charge in [0.05, 0.1) is 0 Å². The first kappa shape index (κ1) is 18.0. The van der Waals surface area contributed by atoms with Gasteiger partial charge in [0.25, 0.3) is 5.91 Å². The third kappa shape index (κ3) is 4.41. The largest absolute Gasteiger partial charge is 0.484 e. The first-order chi connectivity index (χ1) is 12.5. The van der Waals surface area contributed by atoms with Gasteiger partial charge in [-0.1, -0.05) is 17.7 Å². The Morgan fingerprint density at radius 3 is 2.31 bits per heavy atom. The number of piperazine rings is 1. The maximum Gasteiger partial charge on any atom is 0.260 e. The molecule has 2 aromatic rings. The first-order valence-electron chi connectivity index (χ1n) is 8.76. The molecule has 26 heavy (non-hydrogen) atoms. The van der Waals surface area contributed by atoms with Crippen molar-refractivity contribution in [3.63, 3.8) is 0 Å². The molecular formula is C19H25N5O2. The SMILES string of the molecule is Cc1ccc(OCC(=O)N2CCN(c3ccc(N(C)C)nn3)CC2)cc1. The zero-order chi connectivity index (χ0) is 18.5. The van der Waals surface area contributed by atoms with Crippen LogP contribution in [0.15, 0.2) is 36.4 Å². The van der Waals surface area contributed by atoms with Crippen molar-refractivity contribution in [2.45, 2.75) is 6.92 Å². The number of nitrogens with zero attached hydrogens (tertiary/aromatic N) is 5. The van der Waals surface area contributed by atoms with Crippen LogP contribution in [0.4, 0.5) is 11.6 Å². The lowest BCUT2D eigenvalue weighted by Gasteiger charge is -2.35. The zero-order valence-electron chi connectivity index (χ0n) is 15.6. The Hall–Kier alpha value is -2.83. The molecule has 1 aliphatic rings. The number of anilines is 2. The lowest BCUT2D eigenvalue weighted by Crippen LogP contribution is -2.50. The van der Waals surface area contributed by atoms with E-state index in [1.165, 1.54) is 5.56 Å². The highest BCUT2D eigenvalue weighted by Crippen LogP contribution is 2.16. The monoisotopic (exact) mass is 355 g/mol. The smallest absolute Gasteiger partial charge is 0.260 e. The van der Waals surface area contributed by atoms with Crippen LogP contribution in [-0.4, -0.2) is 67.9 Å². The fourth-order valence-electron chi connectivity index (χ4n) is 2.78. The van der Waals surface area contributed by atoms with Crippen molar-refractivity contribution >= 4 is 17.5 Å². The van der Waals surface area contributed by atoms with Crippen molar-refractivity contribution in [1.82, 2.24) is 15.1 Å². The molecule has 1 aromatic heterocycles. The third-order valence-corrected chi connectivity index (χ3v) is 4.43. The van der Waals surface area contributed by atoms with Crippen LogP contribution in [0.5, 0.6) is 5.75 Å². The average Bonchev–Trinajstić information content (AvgIpc) is 2.67. The highest BCUT2D eigenvalue weighted by molar-refractivity contribution is 5.78. The number of carbonyl (C=O) groups excluding carboxylic acids is 1. The van der Waals surface area contributed by atoms with E-state index in [9.17, 15) is 4.79 Å². The molecule has 0 unspecified atom stereocenters. The predicted molar refractivity (Wildman–Crippen MR) is 102 cm³/mol. The molecule has 7 nitrogen and oxygen atoms in total. The molecular weight excluding hydrogens is 330 g/mol. The van der Waals surface area contributed by atoms with Crippen LogP contribution in [-0.2, 0) is 4.79 Å². The summed E-state index contributed by atoms with van der Waals surface area (Å²) in [4.78, 5) is 18.3. The molecule has 1 saturated heterocycles. The summed E-state index contributed by atoms with van der Waals surface area (Å²) in [6, 6.07) is 11.6. The van der Waals surface area contributed by atoms with Crippen molar-refractivity contribution in [3.05, 3.63) is 42.0 Å². The van der Waals surface area contributed by atoms with E-state index in [0.717, 1.165) is 30.5 Å². The second-order valence-electron chi connectivity index (χ2n) is 6.61. The van der Waals surface area contributed by atoms with Crippen molar-refractivity contribution in [2.75, 3.05) is 56.7 Å². The molecule has 0 saturated carbocycles. The number of aryl methyl sites for hydroxylation is 1. The van der Waals surface area contributed by atoms with Crippen molar-refractivity contribution in [2.24, 2.45) is 0 Å². The van der Waals surface area contributed by atoms with E-state index < -0.39 is 0 Å². The van der Waals surface area contributed by atoms with E-state index in [1.807, 2.05) is 67.2 Å². The fourth-order valence-corrected chi connectivity index (χ4v) is 2.78. The van der Waals surface area contributed by atoms with Gasteiger partial charge >= 0.3 is 0 Å². The number of rotatable bonds is 5. The molecule has 1 aliphatic heterocycles. The van der Waals surface area contributed by atoms with Crippen LogP contribution in [0, 0.1) is 6.92 Å². The summed E-state index contributed by atoms with van der Waals surface area (Å²) in [5, 5.41) is 8.49. The van der Waals surface area contributed by atoms with Gasteiger partial charge < -0.3 is 19.4 Å². The summed E-state index contributed by atoms with van der Waals surface area (Å²) >= 11 is 0. The second-order valence-corrected chi connectivity index (χ2v) is 6.61. The highest BCUT2D eigenvalue weighted by Gasteiger charge is 2.22. The molecule has 0 spiro atoms. The number of carbonyl (C=O) groups is 1. The van der Waals surface area contributed by atoms with E-state index in [1.54, 1.807) is 0 Å². The van der Waals surface area contributed by atoms with Gasteiger partial charge in [-0.3, -0.25) is 4.79 Å². The number of hydrogen-bond donors (Lipinski definition) is 0. The first-order valence-corrected chi connectivity index (χ1v) is 8.76. The van der Waals surface area contributed by atoms with Gasteiger partial charge in [-0.15, -0.1) is 10.2 Å². The van der Waals surface area contributed by atoms with E-state index >= 15 is 0 Å². The minimum absolute atomic E-state index is 0.0132. The molecule has 2 heterocycles. The quantitative estimate of drug-likeness (QED) is 0.812. The summed E-state index contributed by atoms with van der Waals surface area (Å²) in [6.07, 6.45) is 0. The maximum absolute atomic E-state index is 12.4. The van der Waals surface area contributed by atoms with E-state index in [2.05, 4.69) is 15.1 Å². The summed E-state index contributed by atoms with van der Waals surface area (Å²) in [7, 11) is 3.87. The molecule has 1 amide bonds. The molecule has 3 rings (SSSR count). The lowest BCUT2D eigenvalue weighted by molar-refractivity contribution is -0.133. The summed E-state index contributed by atoms with van der Waals surface area (Å²) in [5.74, 6) is 2.41. The number of aromatic nitrogens is 2. The van der Waals surface area contributed by atoms with Gasteiger partial charge in [-0.05, 0) is 31.2 Å². The lowest BCUT2D eigenvalue weighted by atomic mass is 10.2. The van der Waals surface area contributed by atoms with Gasteiger partial charge in [-0.25, -0.2) is 0 Å². The Bertz CT molecular complexity index is 723. The van der Waals surface area contributed by atoms with Crippen LogP contribution in [0.1, 0.15) is 5.56 Å². The molecule has 138 valence electrons. The predicted octanol–water partition coefficient (Wildman–Crippen LogP) is 1.58. The van der Waals surface area contributed by atoms with Gasteiger partial charge in [0.15, 0.2) is 18.2 Å². The van der Waals surface area contributed by atoms with E-state index in [4.69, 9.17) is 4.74 Å². The Kier molecular flexibility index (Phi) is 5.55. The molecule has 1 fully saturated rings. The molecule has 1 aromatic carbocycles. The Morgan fingerprint density at radius 1 is 1.04 bits per heavy atom. The van der Waals surface area contributed by atoms with Crippen LogP contribution in [0.3, 0.4) is 0 Å². The number of hydrogen-bond acceptors (Lipinski definition) is 6. The zero-order valence-corrected chi connectivity index (χ0v) is 15.6. The minimum Gasteiger partial charge on any atom is -0.484 e. The van der Waals surface area contributed by atoms with Crippen molar-refractivity contribution < 1.29 is 9.53 Å². The fraction of sp³-hybridized carbons (Fsp3) is 0.421. The molecule has 7 heteroatoms. The number of amides is 1. The van der Waals surface area contributed by atoms with Crippen molar-refractivity contribution in [3.8, 4) is 5.75 Å². The third-order valence-electron chi connectivity index (χ3n) is 4.43. The van der Waals surface area contributed by atoms with Gasteiger partial charge in [-0.2, -0.15) is 0 Å². The molecule has 0 radical (unpaired) electrons. The Morgan fingerprint density at radius 2 is 1.73 bits per heavy atom. The molecule has 0 aliphatic carbocycles.